The zero-order chi connectivity index (χ0) is 19.7. The van der Waals surface area contributed by atoms with Crippen LogP contribution in [0.15, 0.2) is 65.6 Å². The molecule has 1 heterocycles. The third-order valence-corrected chi connectivity index (χ3v) is 7.28. The van der Waals surface area contributed by atoms with E-state index in [9.17, 15) is 8.42 Å². The zero-order valence-electron chi connectivity index (χ0n) is 16.1. The SMILES string of the molecule is COc1ccc(S(=O)(=O)N2CCN(c3ccc(C)cc3)CC2)c2ccccc12. The Morgan fingerprint density at radius 1 is 0.821 bits per heavy atom. The van der Waals surface area contributed by atoms with Crippen LogP contribution < -0.4 is 9.64 Å². The molecule has 0 bridgehead atoms. The molecular weight excluding hydrogens is 372 g/mol. The molecule has 4 rings (SSSR count). The van der Waals surface area contributed by atoms with Crippen molar-refractivity contribution < 1.29 is 13.2 Å². The van der Waals surface area contributed by atoms with E-state index in [0.29, 0.717) is 42.2 Å². The van der Waals surface area contributed by atoms with Crippen LogP contribution in [0.25, 0.3) is 10.8 Å². The first-order valence-corrected chi connectivity index (χ1v) is 10.8. The zero-order valence-corrected chi connectivity index (χ0v) is 16.9. The number of hydrogen-bond acceptors (Lipinski definition) is 4. The highest BCUT2D eigenvalue weighted by atomic mass is 32.2. The fourth-order valence-corrected chi connectivity index (χ4v) is 5.35. The third kappa shape index (κ3) is 3.34. The van der Waals surface area contributed by atoms with Crippen LogP contribution in [0.2, 0.25) is 0 Å². The molecule has 6 heteroatoms. The van der Waals surface area contributed by atoms with Gasteiger partial charge in [-0.1, -0.05) is 42.0 Å². The molecule has 1 aliphatic heterocycles. The number of fused-ring (bicyclic) bond motifs is 1. The molecule has 0 N–H and O–H groups in total. The van der Waals surface area contributed by atoms with E-state index in [1.807, 2.05) is 24.3 Å². The highest BCUT2D eigenvalue weighted by molar-refractivity contribution is 7.89. The van der Waals surface area contributed by atoms with Crippen molar-refractivity contribution >= 4 is 26.5 Å². The number of piperazine rings is 1. The van der Waals surface area contributed by atoms with Gasteiger partial charge in [0.1, 0.15) is 5.75 Å². The number of benzene rings is 3. The second-order valence-electron chi connectivity index (χ2n) is 7.04. The molecule has 0 aromatic heterocycles. The fraction of sp³-hybridized carbons (Fsp3) is 0.273. The van der Waals surface area contributed by atoms with Crippen LogP contribution >= 0.6 is 0 Å². The minimum absolute atomic E-state index is 0.340. The Hall–Kier alpha value is -2.57. The minimum atomic E-state index is -3.57. The molecule has 5 nitrogen and oxygen atoms in total. The summed E-state index contributed by atoms with van der Waals surface area (Å²) in [7, 11) is -1.98. The standard InChI is InChI=1S/C22H24N2O3S/c1-17-7-9-18(10-8-17)23-13-15-24(16-14-23)28(25,26)22-12-11-21(27-2)19-5-3-4-6-20(19)22/h3-12H,13-16H2,1-2H3. The average Bonchev–Trinajstić information content (AvgIpc) is 2.73. The molecule has 1 aliphatic rings. The normalized spacial score (nSPS) is 15.7. The number of hydrogen-bond donors (Lipinski definition) is 0. The van der Waals surface area contributed by atoms with Gasteiger partial charge < -0.3 is 9.64 Å². The van der Waals surface area contributed by atoms with Gasteiger partial charge in [-0.15, -0.1) is 0 Å². The van der Waals surface area contributed by atoms with Crippen molar-refractivity contribution in [2.24, 2.45) is 0 Å². The van der Waals surface area contributed by atoms with Crippen molar-refractivity contribution in [2.45, 2.75) is 11.8 Å². The lowest BCUT2D eigenvalue weighted by Gasteiger charge is -2.35. The Morgan fingerprint density at radius 3 is 2.11 bits per heavy atom. The Labute approximate surface area is 166 Å². The summed E-state index contributed by atoms with van der Waals surface area (Å²) in [6, 6.07) is 19.2. The second-order valence-corrected chi connectivity index (χ2v) is 8.94. The third-order valence-electron chi connectivity index (χ3n) is 5.32. The Balaban J connectivity index is 1.60. The summed E-state index contributed by atoms with van der Waals surface area (Å²) >= 11 is 0. The molecule has 0 aliphatic carbocycles. The minimum Gasteiger partial charge on any atom is -0.496 e. The van der Waals surface area contributed by atoms with Gasteiger partial charge in [0.2, 0.25) is 10.0 Å². The lowest BCUT2D eigenvalue weighted by molar-refractivity contribution is 0.385. The Kier molecular flexibility index (Phi) is 5.00. The largest absolute Gasteiger partial charge is 0.496 e. The van der Waals surface area contributed by atoms with Gasteiger partial charge in [-0.2, -0.15) is 4.31 Å². The molecule has 3 aromatic carbocycles. The van der Waals surface area contributed by atoms with E-state index in [-0.39, 0.29) is 0 Å². The first-order chi connectivity index (χ1) is 13.5. The van der Waals surface area contributed by atoms with Gasteiger partial charge in [0.25, 0.3) is 0 Å². The molecule has 28 heavy (non-hydrogen) atoms. The quantitative estimate of drug-likeness (QED) is 0.675. The number of anilines is 1. The maximum Gasteiger partial charge on any atom is 0.243 e. The number of sulfonamides is 1. The molecule has 146 valence electrons. The molecule has 0 spiro atoms. The van der Waals surface area contributed by atoms with Gasteiger partial charge >= 0.3 is 0 Å². The van der Waals surface area contributed by atoms with Crippen LogP contribution in [-0.2, 0) is 10.0 Å². The van der Waals surface area contributed by atoms with Gasteiger partial charge in [-0.25, -0.2) is 8.42 Å². The Bertz CT molecular complexity index is 1090. The Morgan fingerprint density at radius 2 is 1.46 bits per heavy atom. The summed E-state index contributed by atoms with van der Waals surface area (Å²) in [6.45, 7) is 4.35. The van der Waals surface area contributed by atoms with E-state index in [1.54, 1.807) is 23.5 Å². The van der Waals surface area contributed by atoms with Gasteiger partial charge in [0.15, 0.2) is 0 Å². The molecule has 1 saturated heterocycles. The molecule has 0 atom stereocenters. The van der Waals surface area contributed by atoms with E-state index < -0.39 is 10.0 Å². The molecule has 3 aromatic rings. The highest BCUT2D eigenvalue weighted by Gasteiger charge is 2.30. The van der Waals surface area contributed by atoms with Crippen LogP contribution in [0.4, 0.5) is 5.69 Å². The highest BCUT2D eigenvalue weighted by Crippen LogP contribution is 2.32. The van der Waals surface area contributed by atoms with Crippen molar-refractivity contribution in [3.8, 4) is 5.75 Å². The van der Waals surface area contributed by atoms with Crippen LogP contribution in [-0.4, -0.2) is 46.0 Å². The average molecular weight is 397 g/mol. The lowest BCUT2D eigenvalue weighted by atomic mass is 10.1. The van der Waals surface area contributed by atoms with E-state index in [1.165, 1.54) is 5.56 Å². The first kappa shape index (κ1) is 18.8. The van der Waals surface area contributed by atoms with Crippen molar-refractivity contribution in [3.05, 3.63) is 66.2 Å². The topological polar surface area (TPSA) is 49.9 Å². The second kappa shape index (κ2) is 7.45. The maximum atomic E-state index is 13.4. The van der Waals surface area contributed by atoms with Crippen molar-refractivity contribution in [1.82, 2.24) is 4.31 Å². The number of ether oxygens (including phenoxy) is 1. The van der Waals surface area contributed by atoms with E-state index in [2.05, 4.69) is 36.1 Å². The first-order valence-electron chi connectivity index (χ1n) is 9.38. The predicted octanol–water partition coefficient (Wildman–Crippen LogP) is 3.67. The smallest absolute Gasteiger partial charge is 0.243 e. The number of aryl methyl sites for hydroxylation is 1. The van der Waals surface area contributed by atoms with Gasteiger partial charge in [0.05, 0.1) is 12.0 Å². The van der Waals surface area contributed by atoms with E-state index in [4.69, 9.17) is 4.74 Å². The summed E-state index contributed by atoms with van der Waals surface area (Å²) in [5, 5.41) is 1.51. The summed E-state index contributed by atoms with van der Waals surface area (Å²) in [4.78, 5) is 2.57. The number of nitrogens with zero attached hydrogens (tertiary/aromatic N) is 2. The molecule has 0 radical (unpaired) electrons. The van der Waals surface area contributed by atoms with Crippen LogP contribution in [0.5, 0.6) is 5.75 Å². The van der Waals surface area contributed by atoms with Crippen LogP contribution in [0, 0.1) is 6.92 Å². The summed E-state index contributed by atoms with van der Waals surface area (Å²) in [5.74, 6) is 0.679. The van der Waals surface area contributed by atoms with Crippen molar-refractivity contribution in [2.75, 3.05) is 38.2 Å². The molecular formula is C22H24N2O3S. The molecule has 0 unspecified atom stereocenters. The van der Waals surface area contributed by atoms with Gasteiger partial charge in [-0.3, -0.25) is 0 Å². The molecule has 0 amide bonds. The summed E-state index contributed by atoms with van der Waals surface area (Å²) in [6.07, 6.45) is 0. The van der Waals surface area contributed by atoms with Crippen molar-refractivity contribution in [1.29, 1.82) is 0 Å². The van der Waals surface area contributed by atoms with E-state index >= 15 is 0 Å². The van der Waals surface area contributed by atoms with Crippen LogP contribution in [0.1, 0.15) is 5.56 Å². The summed E-state index contributed by atoms with van der Waals surface area (Å²) in [5.41, 5.74) is 2.36. The molecule has 0 saturated carbocycles. The van der Waals surface area contributed by atoms with Gasteiger partial charge in [0, 0.05) is 42.6 Å². The fourth-order valence-electron chi connectivity index (χ4n) is 3.73. The lowest BCUT2D eigenvalue weighted by Crippen LogP contribution is -2.48. The maximum absolute atomic E-state index is 13.4. The van der Waals surface area contributed by atoms with Crippen LogP contribution in [0.3, 0.4) is 0 Å². The number of rotatable bonds is 4. The van der Waals surface area contributed by atoms with Crippen molar-refractivity contribution in [3.63, 3.8) is 0 Å². The monoisotopic (exact) mass is 396 g/mol. The number of methoxy groups -OCH3 is 1. The predicted molar refractivity (Wildman–Crippen MR) is 113 cm³/mol. The van der Waals surface area contributed by atoms with E-state index in [0.717, 1.165) is 11.1 Å². The van der Waals surface area contributed by atoms with Gasteiger partial charge in [-0.05, 0) is 31.2 Å². The molecule has 1 fully saturated rings. The summed E-state index contributed by atoms with van der Waals surface area (Å²) < 4.78 is 33.7.